The largest absolute Gasteiger partial charge is 0.461 e. The molecule has 7 rings (SSSR count). The van der Waals surface area contributed by atoms with Gasteiger partial charge in [-0.25, -0.2) is 14.4 Å². The normalized spacial score (nSPS) is 29.3. The molecule has 0 radical (unpaired) electrons. The summed E-state index contributed by atoms with van der Waals surface area (Å²) in [4.78, 5) is 82.6. The molecule has 3 aromatic carbocycles. The molecule has 17 heteroatoms. The number of hydrogen-bond acceptors (Lipinski definition) is 17. The number of ketones is 1. The molecule has 1 heterocycles. The topological polar surface area (TPSA) is 237 Å². The Morgan fingerprint density at radius 3 is 2.10 bits per heavy atom. The van der Waals surface area contributed by atoms with Gasteiger partial charge in [0.25, 0.3) is 0 Å². The number of Topliss-reactive ketones (excluding diaryl/α,β-unsaturated/α-hetero) is 1. The number of hydrogen-bond donors (Lipinski definition) is 3. The van der Waals surface area contributed by atoms with Crippen LogP contribution in [0.25, 0.3) is 0 Å². The van der Waals surface area contributed by atoms with Gasteiger partial charge in [0, 0.05) is 44.1 Å². The van der Waals surface area contributed by atoms with Gasteiger partial charge in [-0.3, -0.25) is 14.4 Å². The van der Waals surface area contributed by atoms with Gasteiger partial charge in [0.15, 0.2) is 11.4 Å². The van der Waals surface area contributed by atoms with Crippen molar-refractivity contribution in [1.29, 1.82) is 0 Å². The molecule has 382 valence electrons. The summed E-state index contributed by atoms with van der Waals surface area (Å²) in [5.74, 6) is -7.21. The van der Waals surface area contributed by atoms with Crippen LogP contribution < -0.4 is 0 Å². The highest BCUT2D eigenvalue weighted by Gasteiger charge is 2.78. The Kier molecular flexibility index (Phi) is 16.3. The Hall–Kier alpha value is -5.82. The number of aliphatic hydroxyl groups excluding tert-OH is 2. The zero-order valence-corrected chi connectivity index (χ0v) is 40.9. The van der Waals surface area contributed by atoms with Crippen LogP contribution in [-0.4, -0.2) is 132 Å². The van der Waals surface area contributed by atoms with Gasteiger partial charge in [-0.15, -0.1) is 0 Å². The number of carbonyl (C=O) groups excluding carboxylic acids is 6. The second-order valence-corrected chi connectivity index (χ2v) is 19.6. The van der Waals surface area contributed by atoms with Crippen LogP contribution in [0, 0.1) is 16.7 Å². The van der Waals surface area contributed by atoms with Crippen LogP contribution in [0.4, 0.5) is 0 Å². The number of benzene rings is 3. The molecule has 3 N–H and O–H groups in total. The first-order valence-corrected chi connectivity index (χ1v) is 24.0. The van der Waals surface area contributed by atoms with Gasteiger partial charge in [-0.2, -0.15) is 0 Å². The van der Waals surface area contributed by atoms with Crippen LogP contribution >= 0.6 is 0 Å². The molecule has 0 unspecified atom stereocenters. The third-order valence-corrected chi connectivity index (χ3v) is 15.0. The smallest absolute Gasteiger partial charge is 0.348 e. The summed E-state index contributed by atoms with van der Waals surface area (Å²) in [6.45, 7) is 8.54. The molecule has 2 bridgehead atoms. The summed E-state index contributed by atoms with van der Waals surface area (Å²) in [6, 6.07) is 26.0. The van der Waals surface area contributed by atoms with Gasteiger partial charge in [0.05, 0.1) is 42.8 Å². The van der Waals surface area contributed by atoms with Crippen molar-refractivity contribution >= 4 is 35.6 Å². The predicted octanol–water partition coefficient (Wildman–Crippen LogP) is 4.91. The van der Waals surface area contributed by atoms with E-state index in [9.17, 15) is 39.3 Å². The monoisotopic (exact) mass is 984 g/mol. The van der Waals surface area contributed by atoms with E-state index in [1.165, 1.54) is 19.1 Å². The molecule has 2 saturated carbocycles. The molecule has 1 saturated heterocycles. The van der Waals surface area contributed by atoms with Crippen molar-refractivity contribution in [1.82, 2.24) is 0 Å². The lowest BCUT2D eigenvalue weighted by Gasteiger charge is -2.67. The minimum absolute atomic E-state index is 0.0140. The molecule has 3 aromatic rings. The lowest BCUT2D eigenvalue weighted by atomic mass is 9.44. The molecule has 1 aliphatic heterocycles. The predicted molar refractivity (Wildman–Crippen MR) is 251 cm³/mol. The van der Waals surface area contributed by atoms with E-state index in [0.717, 1.165) is 12.5 Å². The Labute approximate surface area is 412 Å². The van der Waals surface area contributed by atoms with Gasteiger partial charge in [0.1, 0.15) is 43.2 Å². The van der Waals surface area contributed by atoms with Crippen molar-refractivity contribution in [2.24, 2.45) is 16.7 Å². The van der Waals surface area contributed by atoms with E-state index in [-0.39, 0.29) is 68.6 Å². The lowest BCUT2D eigenvalue weighted by molar-refractivity contribution is -0.346. The molecule has 3 aliphatic carbocycles. The van der Waals surface area contributed by atoms with Crippen LogP contribution in [0.3, 0.4) is 0 Å². The minimum atomic E-state index is -2.35. The van der Waals surface area contributed by atoms with Gasteiger partial charge in [-0.1, -0.05) is 99.6 Å². The zero-order valence-electron chi connectivity index (χ0n) is 40.9. The highest BCUT2D eigenvalue weighted by atomic mass is 16.6. The molecule has 0 spiro atoms. The van der Waals surface area contributed by atoms with Crippen molar-refractivity contribution in [2.45, 2.75) is 128 Å². The summed E-state index contributed by atoms with van der Waals surface area (Å²) in [7, 11) is 0. The number of rotatable bonds is 19. The average Bonchev–Trinajstić information content (AvgIpc) is 3.35. The Morgan fingerprint density at radius 1 is 0.831 bits per heavy atom. The quantitative estimate of drug-likeness (QED) is 0.0627. The van der Waals surface area contributed by atoms with E-state index in [0.29, 0.717) is 12.0 Å². The fraction of sp³-hybridized carbons (Fsp3) is 0.519. The molecular weight excluding hydrogens is 921 g/mol. The van der Waals surface area contributed by atoms with E-state index >= 15 is 4.79 Å². The molecule has 71 heavy (non-hydrogen) atoms. The highest BCUT2D eigenvalue weighted by molar-refractivity contribution is 5.94. The van der Waals surface area contributed by atoms with Crippen LogP contribution in [0.2, 0.25) is 0 Å². The molecule has 11 atom stereocenters. The Morgan fingerprint density at radius 2 is 1.46 bits per heavy atom. The first-order valence-electron chi connectivity index (χ1n) is 24.0. The van der Waals surface area contributed by atoms with E-state index in [1.54, 1.807) is 76.2 Å². The third kappa shape index (κ3) is 10.6. The van der Waals surface area contributed by atoms with Gasteiger partial charge < -0.3 is 53.2 Å². The first kappa shape index (κ1) is 53.0. The first-order chi connectivity index (χ1) is 33.8. The van der Waals surface area contributed by atoms with E-state index < -0.39 is 113 Å². The van der Waals surface area contributed by atoms with Crippen LogP contribution in [0.5, 0.6) is 0 Å². The summed E-state index contributed by atoms with van der Waals surface area (Å²) in [6.07, 6.45) is -9.50. The number of carbonyl (C=O) groups is 6. The number of fused-ring (bicyclic) bond motifs is 5. The lowest BCUT2D eigenvalue weighted by Crippen LogP contribution is -2.81. The molecule has 0 aromatic heterocycles. The fourth-order valence-corrected chi connectivity index (χ4v) is 10.9. The molecule has 4 aliphatic rings. The number of esters is 5. The third-order valence-electron chi connectivity index (χ3n) is 15.0. The zero-order chi connectivity index (χ0) is 51.3. The number of ether oxygens (including phenoxy) is 8. The number of aliphatic hydroxyl groups is 3. The minimum Gasteiger partial charge on any atom is -0.461 e. The molecule has 0 amide bonds. The Balaban J connectivity index is 1.12. The highest BCUT2D eigenvalue weighted by Crippen LogP contribution is 2.64. The summed E-state index contributed by atoms with van der Waals surface area (Å²) in [5, 5.41) is 37.9. The summed E-state index contributed by atoms with van der Waals surface area (Å²) >= 11 is 0. The summed E-state index contributed by atoms with van der Waals surface area (Å²) < 4.78 is 46.7. The van der Waals surface area contributed by atoms with E-state index in [2.05, 4.69) is 0 Å². The Bertz CT molecular complexity index is 2440. The van der Waals surface area contributed by atoms with Crippen LogP contribution in [-0.2, 0) is 68.5 Å². The van der Waals surface area contributed by atoms with E-state index in [1.807, 2.05) is 30.3 Å². The standard InChI is InChI=1S/C54H64O17/c1-32(36-19-12-8-13-20-36)45(69-42(58)30-65-26-25-64-24-16-23-41(57)66-29-35-17-10-7-11-18-35)50(62)68-38-28-54(63)48(70-49(61)37-21-14-9-15-22-37)46-52(6,47(60)44(59)43(33(38)2)51(54,4)5)39(56)27-40-53(46,31-67-40)71-34(3)55/h7-15,17-22,32,38-40,44-46,48,56,59,63H,16,23-31H2,1-6H3/t32-,38-,39-,40+,44+,45+,46-,48-,52+,53-,54+/m0/s1. The molecular formula is C54H64O17. The fourth-order valence-electron chi connectivity index (χ4n) is 10.9. The second kappa shape index (κ2) is 21.9. The van der Waals surface area contributed by atoms with Crippen LogP contribution in [0.1, 0.15) is 94.6 Å². The van der Waals surface area contributed by atoms with Gasteiger partial charge in [0.2, 0.25) is 6.10 Å². The van der Waals surface area contributed by atoms with Crippen molar-refractivity contribution < 1.29 is 82.0 Å². The van der Waals surface area contributed by atoms with Crippen molar-refractivity contribution in [3.8, 4) is 0 Å². The maximum absolute atomic E-state index is 15.1. The van der Waals surface area contributed by atoms with Gasteiger partial charge >= 0.3 is 29.8 Å². The van der Waals surface area contributed by atoms with E-state index in [4.69, 9.17) is 37.9 Å². The SMILES string of the molecule is CC(=O)O[C@@]12CO[C@@H]1C[C@H](O)[C@@]1(C)C(=O)[C@H](O)C3=C(C)[C@@H](OC(=O)[C@H](OC(=O)COCCOCCCC(=O)OCc4ccccc4)[C@@H](C)c4ccccc4)C[C@@](O)([C@@H](OC(=O)c4ccccc4)[C@H]21)C3(C)C. The van der Waals surface area contributed by atoms with Crippen LogP contribution in [0.15, 0.2) is 102 Å². The van der Waals surface area contributed by atoms with Crippen molar-refractivity contribution in [2.75, 3.05) is 33.0 Å². The van der Waals surface area contributed by atoms with Gasteiger partial charge in [-0.05, 0) is 54.7 Å². The van der Waals surface area contributed by atoms with Crippen molar-refractivity contribution in [3.05, 3.63) is 119 Å². The van der Waals surface area contributed by atoms with Crippen molar-refractivity contribution in [3.63, 3.8) is 0 Å². The molecule has 3 fully saturated rings. The maximum atomic E-state index is 15.1. The average molecular weight is 985 g/mol. The maximum Gasteiger partial charge on any atom is 0.348 e. The second-order valence-electron chi connectivity index (χ2n) is 19.6. The molecule has 17 nitrogen and oxygen atoms in total. The summed E-state index contributed by atoms with van der Waals surface area (Å²) in [5.41, 5.74) is -6.03.